The van der Waals surface area contributed by atoms with Crippen molar-refractivity contribution in [1.29, 1.82) is 0 Å². The molecular weight excluding hydrogens is 741 g/mol. The number of aryl methyl sites for hydroxylation is 5. The number of nitrogens with zero attached hydrogens (tertiary/aromatic N) is 5. The fourth-order valence-corrected chi connectivity index (χ4v) is 8.38. The van der Waals surface area contributed by atoms with Crippen molar-refractivity contribution in [1.82, 2.24) is 19.1 Å². The first-order valence-electron chi connectivity index (χ1n) is 18.1. The number of phenolic OH excluding ortho intramolecular Hbond substituents is 1. The average Bonchev–Trinajstić information content (AvgIpc) is 3.69. The number of halogens is 2. The third kappa shape index (κ3) is 6.68. The molecule has 0 spiro atoms. The Hall–Kier alpha value is -5.10. The molecule has 3 aromatic carbocycles. The van der Waals surface area contributed by atoms with E-state index in [4.69, 9.17) is 37.4 Å². The van der Waals surface area contributed by atoms with E-state index in [0.717, 1.165) is 60.9 Å². The molecule has 1 amide bonds. The smallest absolute Gasteiger partial charge is 0.354 e. The number of phenols is 1. The molecule has 0 bridgehead atoms. The number of rotatable bonds is 11. The number of aromatic hydroxyl groups is 1. The van der Waals surface area contributed by atoms with Crippen molar-refractivity contribution in [2.45, 2.75) is 60.0 Å². The van der Waals surface area contributed by atoms with Gasteiger partial charge in [-0.15, -0.1) is 0 Å². The molecule has 0 saturated heterocycles. The van der Waals surface area contributed by atoms with E-state index >= 15 is 4.79 Å². The van der Waals surface area contributed by atoms with Gasteiger partial charge in [-0.2, -0.15) is 0 Å². The Morgan fingerprint density at radius 2 is 1.65 bits per heavy atom. The normalized spacial score (nSPS) is 14.2. The molecule has 55 heavy (non-hydrogen) atoms. The number of aromatic nitrogens is 4. The average molecular weight is 785 g/mol. The van der Waals surface area contributed by atoms with Crippen molar-refractivity contribution < 1.29 is 28.9 Å². The van der Waals surface area contributed by atoms with Gasteiger partial charge < -0.3 is 33.4 Å². The highest BCUT2D eigenvalue weighted by atomic mass is 35.5. The van der Waals surface area contributed by atoms with Gasteiger partial charge in [-0.3, -0.25) is 4.79 Å². The van der Waals surface area contributed by atoms with Gasteiger partial charge >= 0.3 is 5.97 Å². The molecule has 1 aliphatic heterocycles. The number of carbonyl (C=O) groups is 2. The second-order valence-electron chi connectivity index (χ2n) is 14.1. The number of carbonyl (C=O) groups excluding carboxylic acids is 2. The van der Waals surface area contributed by atoms with Crippen molar-refractivity contribution in [3.8, 4) is 22.6 Å². The van der Waals surface area contributed by atoms with Gasteiger partial charge in [-0.05, 0) is 94.5 Å². The first-order valence-corrected chi connectivity index (χ1v) is 18.9. The summed E-state index contributed by atoms with van der Waals surface area (Å²) in [5, 5.41) is 13.8. The number of anilines is 1. The number of esters is 1. The first-order chi connectivity index (χ1) is 26.4. The third-order valence-corrected chi connectivity index (χ3v) is 11.4. The van der Waals surface area contributed by atoms with Gasteiger partial charge in [-0.1, -0.05) is 29.3 Å². The van der Waals surface area contributed by atoms with Crippen LogP contribution >= 0.6 is 23.2 Å². The molecule has 0 saturated carbocycles. The summed E-state index contributed by atoms with van der Waals surface area (Å²) < 4.78 is 20.6. The van der Waals surface area contributed by atoms with Crippen LogP contribution in [-0.2, 0) is 22.4 Å². The monoisotopic (exact) mass is 783 g/mol. The summed E-state index contributed by atoms with van der Waals surface area (Å²) >= 11 is 13.5. The molecule has 0 unspecified atom stereocenters. The molecule has 0 aliphatic carbocycles. The quantitative estimate of drug-likeness (QED) is 0.102. The van der Waals surface area contributed by atoms with E-state index in [1.54, 1.807) is 41.1 Å². The number of benzene rings is 3. The van der Waals surface area contributed by atoms with Crippen molar-refractivity contribution >= 4 is 62.6 Å². The predicted octanol–water partition coefficient (Wildman–Crippen LogP) is 8.97. The molecule has 7 rings (SSSR count). The number of fused-ring (bicyclic) bond motifs is 4. The molecule has 6 aromatic rings. The van der Waals surface area contributed by atoms with Crippen LogP contribution in [0.5, 0.6) is 11.5 Å². The lowest BCUT2D eigenvalue weighted by Crippen LogP contribution is -2.43. The van der Waals surface area contributed by atoms with Crippen LogP contribution in [0.15, 0.2) is 48.8 Å². The van der Waals surface area contributed by atoms with Gasteiger partial charge in [0.2, 0.25) is 0 Å². The summed E-state index contributed by atoms with van der Waals surface area (Å²) in [5.41, 5.74) is 8.61. The predicted molar refractivity (Wildman–Crippen MR) is 215 cm³/mol. The molecule has 0 fully saturated rings. The van der Waals surface area contributed by atoms with Crippen LogP contribution < -0.4 is 9.64 Å². The van der Waals surface area contributed by atoms with E-state index < -0.39 is 5.97 Å². The molecular formula is C42H43Cl2N5O6. The maximum absolute atomic E-state index is 15.3. The Labute approximate surface area is 329 Å². The second kappa shape index (κ2) is 15.2. The second-order valence-corrected chi connectivity index (χ2v) is 14.9. The van der Waals surface area contributed by atoms with Gasteiger partial charge in [0.15, 0.2) is 0 Å². The molecule has 1 aliphatic rings. The summed E-state index contributed by atoms with van der Waals surface area (Å²) in [5.74, 6) is -0.0908. The van der Waals surface area contributed by atoms with Crippen LogP contribution in [0.3, 0.4) is 0 Å². The number of amides is 1. The highest BCUT2D eigenvalue weighted by molar-refractivity contribution is 6.35. The van der Waals surface area contributed by atoms with Crippen LogP contribution in [0.2, 0.25) is 10.0 Å². The molecule has 3 aromatic heterocycles. The zero-order valence-electron chi connectivity index (χ0n) is 31.9. The van der Waals surface area contributed by atoms with Gasteiger partial charge in [0.25, 0.3) is 5.91 Å². The molecule has 1 atom stereocenters. The minimum Gasteiger partial charge on any atom is -0.508 e. The Balaban J connectivity index is 1.40. The topological polar surface area (TPSA) is 121 Å². The number of hydrogen-bond acceptors (Lipinski definition) is 8. The van der Waals surface area contributed by atoms with Crippen molar-refractivity contribution in [2.24, 2.45) is 0 Å². The number of ether oxygens (including phenoxy) is 3. The minimum atomic E-state index is -0.537. The van der Waals surface area contributed by atoms with Crippen molar-refractivity contribution in [3.63, 3.8) is 0 Å². The lowest BCUT2D eigenvalue weighted by atomic mass is 9.97. The standard InChI is InChI=1S/C42H43Cl2N5O6/c1-22-15-29(16-23(2)37(22)44)55-13-8-9-30-31-10-11-32(43)36(35-25(4)45-21-46-26(35)5)39(31)49-24(3)20-48(41(51)40(30)49)33-19-28(50)17-27-18-34(42(52)54-7)47(38(27)33)12-14-53-6/h10-11,15-19,21,24,50H,8-9,12-14,20H2,1-7H3/t24-/m1/s1. The number of methoxy groups -OCH3 is 2. The summed E-state index contributed by atoms with van der Waals surface area (Å²) in [6, 6.07) is 12.3. The Bertz CT molecular complexity index is 2460. The fourth-order valence-electron chi connectivity index (χ4n) is 8.03. The fraction of sp³-hybridized carbons (Fsp3) is 0.333. The van der Waals surface area contributed by atoms with Gasteiger partial charge in [0, 0.05) is 70.6 Å². The lowest BCUT2D eigenvalue weighted by Gasteiger charge is -2.35. The van der Waals surface area contributed by atoms with Gasteiger partial charge in [0.1, 0.15) is 29.2 Å². The summed E-state index contributed by atoms with van der Waals surface area (Å²) in [7, 11) is 2.91. The van der Waals surface area contributed by atoms with Crippen LogP contribution in [-0.4, -0.2) is 70.1 Å². The summed E-state index contributed by atoms with van der Waals surface area (Å²) in [6.07, 6.45) is 2.67. The lowest BCUT2D eigenvalue weighted by molar-refractivity contribution is 0.0586. The van der Waals surface area contributed by atoms with E-state index in [1.165, 1.54) is 7.11 Å². The van der Waals surface area contributed by atoms with E-state index in [0.29, 0.717) is 59.9 Å². The minimum absolute atomic E-state index is 0.0384. The third-order valence-electron chi connectivity index (χ3n) is 10.4. The van der Waals surface area contributed by atoms with Crippen LogP contribution in [0.25, 0.3) is 32.9 Å². The van der Waals surface area contributed by atoms with Crippen LogP contribution in [0.1, 0.15) is 68.4 Å². The number of hydrogen-bond donors (Lipinski definition) is 1. The van der Waals surface area contributed by atoms with Crippen LogP contribution in [0.4, 0.5) is 5.69 Å². The molecule has 0 radical (unpaired) electrons. The summed E-state index contributed by atoms with van der Waals surface area (Å²) in [6.45, 7) is 11.1. The van der Waals surface area contributed by atoms with E-state index in [1.807, 2.05) is 52.0 Å². The van der Waals surface area contributed by atoms with Gasteiger partial charge in [-0.25, -0.2) is 14.8 Å². The Morgan fingerprint density at radius 3 is 2.33 bits per heavy atom. The molecule has 286 valence electrons. The Kier molecular flexibility index (Phi) is 10.6. The van der Waals surface area contributed by atoms with Crippen molar-refractivity contribution in [2.75, 3.05) is 38.9 Å². The van der Waals surface area contributed by atoms with E-state index in [-0.39, 0.29) is 29.9 Å². The van der Waals surface area contributed by atoms with Crippen molar-refractivity contribution in [3.05, 3.63) is 98.3 Å². The zero-order chi connectivity index (χ0) is 39.3. The molecule has 11 nitrogen and oxygen atoms in total. The van der Waals surface area contributed by atoms with Crippen LogP contribution in [0, 0.1) is 27.7 Å². The maximum atomic E-state index is 15.3. The van der Waals surface area contributed by atoms with Gasteiger partial charge in [0.05, 0.1) is 42.1 Å². The summed E-state index contributed by atoms with van der Waals surface area (Å²) in [4.78, 5) is 39.0. The largest absolute Gasteiger partial charge is 0.508 e. The van der Waals surface area contributed by atoms with E-state index in [9.17, 15) is 9.90 Å². The van der Waals surface area contributed by atoms with E-state index in [2.05, 4.69) is 21.5 Å². The Morgan fingerprint density at radius 1 is 0.945 bits per heavy atom. The maximum Gasteiger partial charge on any atom is 0.354 e. The molecule has 4 heterocycles. The molecule has 13 heteroatoms. The first kappa shape index (κ1) is 38.2. The molecule has 1 N–H and O–H groups in total. The highest BCUT2D eigenvalue weighted by Gasteiger charge is 2.38. The zero-order valence-corrected chi connectivity index (χ0v) is 33.4. The highest BCUT2D eigenvalue weighted by Crippen LogP contribution is 2.46. The SMILES string of the molecule is COCCn1c(C(=O)OC)cc2cc(O)cc(N3C[C@@H](C)n4c(c(CCCOc5cc(C)c(Cl)c(C)c5)c5ccc(Cl)c(-c6c(C)ncnc6C)c54)C3=O)c21.